The minimum Gasteiger partial charge on any atom is -0.480 e. The van der Waals surface area contributed by atoms with Gasteiger partial charge in [-0.2, -0.15) is 0 Å². The molecule has 0 aliphatic carbocycles. The van der Waals surface area contributed by atoms with Crippen LogP contribution in [-0.4, -0.2) is 119 Å². The summed E-state index contributed by atoms with van der Waals surface area (Å²) in [6.45, 7) is 1.34. The Kier molecular flexibility index (Phi) is 16.1. The molecule has 0 radical (unpaired) electrons. The lowest BCUT2D eigenvalue weighted by atomic mass is 10.1. The molecule has 47 heavy (non-hydrogen) atoms. The summed E-state index contributed by atoms with van der Waals surface area (Å²) in [5, 5.41) is 14.8. The maximum atomic E-state index is 13.5. The lowest BCUT2D eigenvalue weighted by Gasteiger charge is -2.32. The Morgan fingerprint density at radius 3 is 1.98 bits per heavy atom. The van der Waals surface area contributed by atoms with Gasteiger partial charge in [0.15, 0.2) is 11.9 Å². The zero-order valence-electron chi connectivity index (χ0n) is 26.6. The van der Waals surface area contributed by atoms with E-state index in [9.17, 15) is 29.1 Å². The van der Waals surface area contributed by atoms with Gasteiger partial charge in [0, 0.05) is 32.7 Å². The van der Waals surface area contributed by atoms with Crippen molar-refractivity contribution < 1.29 is 29.1 Å². The molecule has 15 N–H and O–H groups in total. The first-order valence-electron chi connectivity index (χ1n) is 15.7. The van der Waals surface area contributed by atoms with E-state index in [2.05, 4.69) is 20.6 Å². The average Bonchev–Trinajstić information content (AvgIpc) is 3.71. The number of carbonyl (C=O) groups is 5. The number of hydrogen-bond acceptors (Lipinski definition) is 9. The van der Waals surface area contributed by atoms with E-state index in [1.165, 1.54) is 15.9 Å². The van der Waals surface area contributed by atoms with E-state index in [0.717, 1.165) is 0 Å². The molecule has 262 valence electrons. The molecular formula is C29H50N12O6. The number of carboxylic acids is 1. The molecule has 18 nitrogen and oxygen atoms in total. The van der Waals surface area contributed by atoms with Crippen LogP contribution in [-0.2, 0) is 24.0 Å². The van der Waals surface area contributed by atoms with Gasteiger partial charge in [0.2, 0.25) is 17.7 Å². The fourth-order valence-electron chi connectivity index (χ4n) is 5.11. The van der Waals surface area contributed by atoms with E-state index in [1.807, 2.05) is 0 Å². The van der Waals surface area contributed by atoms with Gasteiger partial charge in [-0.1, -0.05) is 24.3 Å². The van der Waals surface area contributed by atoms with Gasteiger partial charge in [-0.25, -0.2) is 4.79 Å². The van der Waals surface area contributed by atoms with Crippen LogP contribution in [0.3, 0.4) is 0 Å². The molecular weight excluding hydrogens is 612 g/mol. The highest BCUT2D eigenvalue weighted by molar-refractivity contribution is 5.97. The summed E-state index contributed by atoms with van der Waals surface area (Å²) in [5.74, 6) is -3.15. The summed E-state index contributed by atoms with van der Waals surface area (Å²) in [6, 6.07) is -4.73. The fraction of sp³-hybridized carbons (Fsp3) is 0.621. The van der Waals surface area contributed by atoms with Crippen LogP contribution in [0.2, 0.25) is 0 Å². The Hall–Kier alpha value is -4.71. The van der Waals surface area contributed by atoms with E-state index in [1.54, 1.807) is 18.2 Å². The number of rotatable bonds is 20. The van der Waals surface area contributed by atoms with E-state index < -0.39 is 53.9 Å². The number of carbonyl (C=O) groups excluding carboxylic acids is 4. The highest BCUT2D eigenvalue weighted by Gasteiger charge is 2.40. The minimum absolute atomic E-state index is 0.0251. The molecule has 5 atom stereocenters. The Balaban J connectivity index is 1.81. The molecule has 0 aromatic carbocycles. The summed E-state index contributed by atoms with van der Waals surface area (Å²) in [5.41, 5.74) is 33.3. The molecule has 2 aliphatic heterocycles. The second-order valence-electron chi connectivity index (χ2n) is 11.4. The van der Waals surface area contributed by atoms with Crippen LogP contribution in [0.25, 0.3) is 0 Å². The number of guanidine groups is 2. The van der Waals surface area contributed by atoms with Crippen molar-refractivity contribution in [2.75, 3.05) is 32.7 Å². The minimum atomic E-state index is -1.23. The molecule has 0 spiro atoms. The fourth-order valence-corrected chi connectivity index (χ4v) is 5.11. The topological polar surface area (TPSA) is 317 Å². The van der Waals surface area contributed by atoms with Crippen LogP contribution in [0.5, 0.6) is 0 Å². The van der Waals surface area contributed by atoms with Crippen LogP contribution in [0.15, 0.2) is 34.3 Å². The molecule has 2 heterocycles. The number of aliphatic imine (C=N–C) groups is 2. The monoisotopic (exact) mass is 662 g/mol. The molecule has 0 bridgehead atoms. The van der Waals surface area contributed by atoms with Crippen LogP contribution in [0.4, 0.5) is 0 Å². The van der Waals surface area contributed by atoms with E-state index in [4.69, 9.17) is 34.4 Å². The zero-order valence-corrected chi connectivity index (χ0v) is 26.6. The number of hydrogen-bond donors (Lipinski definition) is 9. The van der Waals surface area contributed by atoms with Crippen molar-refractivity contribution >= 4 is 41.5 Å². The van der Waals surface area contributed by atoms with Gasteiger partial charge in [0.05, 0.1) is 12.1 Å². The van der Waals surface area contributed by atoms with Crippen molar-refractivity contribution in [1.82, 2.24) is 20.4 Å². The molecule has 4 amide bonds. The SMILES string of the molecule is NC(N)=NCCCC[C@H](N)C(=O)NCCCC[C@H](N)C(=O)N1CC=C[C@H]1C(=O)N1CC=C[C@H]1C(=O)N[C@@H](CCCN=C(N)N)C(=O)O. The number of nitrogens with one attached hydrogen (secondary N) is 2. The van der Waals surface area contributed by atoms with Gasteiger partial charge in [-0.3, -0.25) is 29.2 Å². The van der Waals surface area contributed by atoms with E-state index >= 15 is 0 Å². The average molecular weight is 663 g/mol. The molecule has 18 heteroatoms. The quantitative estimate of drug-likeness (QED) is 0.0266. The summed E-state index contributed by atoms with van der Waals surface area (Å²) >= 11 is 0. The third kappa shape index (κ3) is 12.9. The Labute approximate surface area is 274 Å². The summed E-state index contributed by atoms with van der Waals surface area (Å²) in [7, 11) is 0. The molecule has 0 unspecified atom stereocenters. The Morgan fingerprint density at radius 2 is 1.34 bits per heavy atom. The van der Waals surface area contributed by atoms with Gasteiger partial charge in [0.25, 0.3) is 5.91 Å². The predicted molar refractivity (Wildman–Crippen MR) is 176 cm³/mol. The Morgan fingerprint density at radius 1 is 0.766 bits per heavy atom. The summed E-state index contributed by atoms with van der Waals surface area (Å²) < 4.78 is 0. The van der Waals surface area contributed by atoms with Crippen molar-refractivity contribution in [1.29, 1.82) is 0 Å². The highest BCUT2D eigenvalue weighted by atomic mass is 16.4. The standard InChI is InChI=1S/C29H50N12O6/c30-18(8-1-4-14-37-28(32)33)23(42)36-13-3-2-9-19(31)25(44)41-17-7-12-22(41)26(45)40-16-6-11-21(40)24(43)39-20(27(46)47)10-5-15-38-29(34)35/h6-7,11-12,18-22H,1-5,8-10,13-17,30-31H2,(H,36,42)(H,39,43)(H,46,47)(H4,32,33,37)(H4,34,35,38)/t18-,19-,20-,21-,22-/m0/s1. The normalized spacial score (nSPS) is 18.7. The third-order valence-corrected chi connectivity index (χ3v) is 7.67. The molecule has 2 rings (SSSR count). The van der Waals surface area contributed by atoms with Crippen LogP contribution < -0.4 is 45.0 Å². The first kappa shape index (κ1) is 38.5. The number of amides is 4. The van der Waals surface area contributed by atoms with E-state index in [-0.39, 0.29) is 43.9 Å². The molecule has 0 aromatic rings. The number of nitrogens with zero attached hydrogens (tertiary/aromatic N) is 4. The van der Waals surface area contributed by atoms with Gasteiger partial charge < -0.3 is 59.9 Å². The van der Waals surface area contributed by atoms with Crippen LogP contribution >= 0.6 is 0 Å². The van der Waals surface area contributed by atoms with Crippen molar-refractivity contribution in [3.63, 3.8) is 0 Å². The van der Waals surface area contributed by atoms with Gasteiger partial charge in [0.1, 0.15) is 18.1 Å². The lowest BCUT2D eigenvalue weighted by molar-refractivity contribution is -0.147. The second-order valence-corrected chi connectivity index (χ2v) is 11.4. The number of unbranched alkanes of at least 4 members (excludes halogenated alkanes) is 2. The van der Waals surface area contributed by atoms with E-state index in [0.29, 0.717) is 58.0 Å². The summed E-state index contributed by atoms with van der Waals surface area (Å²) in [4.78, 5) is 74.1. The number of nitrogens with two attached hydrogens (primary N) is 6. The lowest BCUT2D eigenvalue weighted by Crippen LogP contribution is -2.56. The van der Waals surface area contributed by atoms with Crippen LogP contribution in [0.1, 0.15) is 51.4 Å². The van der Waals surface area contributed by atoms with Crippen molar-refractivity contribution in [3.05, 3.63) is 24.3 Å². The second kappa shape index (κ2) is 19.7. The maximum Gasteiger partial charge on any atom is 0.326 e. The smallest absolute Gasteiger partial charge is 0.326 e. The third-order valence-electron chi connectivity index (χ3n) is 7.67. The van der Waals surface area contributed by atoms with Crippen molar-refractivity contribution in [2.45, 2.75) is 81.6 Å². The van der Waals surface area contributed by atoms with Crippen molar-refractivity contribution in [3.8, 4) is 0 Å². The molecule has 2 aliphatic rings. The predicted octanol–water partition coefficient (Wildman–Crippen LogP) is -3.47. The van der Waals surface area contributed by atoms with Gasteiger partial charge in [-0.15, -0.1) is 0 Å². The maximum absolute atomic E-state index is 13.5. The molecule has 0 saturated heterocycles. The first-order valence-corrected chi connectivity index (χ1v) is 15.7. The largest absolute Gasteiger partial charge is 0.480 e. The Bertz CT molecular complexity index is 1210. The number of carboxylic acid groups (broad SMARTS) is 1. The molecule has 0 saturated carbocycles. The summed E-state index contributed by atoms with van der Waals surface area (Å²) in [6.07, 6.45) is 10.2. The van der Waals surface area contributed by atoms with Gasteiger partial charge >= 0.3 is 5.97 Å². The first-order chi connectivity index (χ1) is 22.3. The van der Waals surface area contributed by atoms with Crippen LogP contribution in [0, 0.1) is 0 Å². The number of aliphatic carboxylic acids is 1. The van der Waals surface area contributed by atoms with Gasteiger partial charge in [-0.05, 0) is 51.4 Å². The zero-order chi connectivity index (χ0) is 34.9. The molecule has 0 aromatic heterocycles. The molecule has 0 fully saturated rings. The highest BCUT2D eigenvalue weighted by Crippen LogP contribution is 2.20. The van der Waals surface area contributed by atoms with Crippen molar-refractivity contribution in [2.24, 2.45) is 44.4 Å².